The van der Waals surface area contributed by atoms with Crippen LogP contribution in [-0.4, -0.2) is 34.2 Å². The van der Waals surface area contributed by atoms with Gasteiger partial charge < -0.3 is 19.9 Å². The van der Waals surface area contributed by atoms with Crippen molar-refractivity contribution >= 4 is 46.5 Å². The van der Waals surface area contributed by atoms with Crippen LogP contribution in [-0.2, 0) is 30.8 Å². The van der Waals surface area contributed by atoms with Gasteiger partial charge >= 0.3 is 28.4 Å². The molecule has 0 saturated carbocycles. The molecule has 61 heavy (non-hydrogen) atoms. The Hall–Kier alpha value is -4.30. The van der Waals surface area contributed by atoms with Gasteiger partial charge in [0, 0.05) is 41.7 Å². The van der Waals surface area contributed by atoms with E-state index in [9.17, 15) is 19.8 Å². The Labute approximate surface area is 373 Å². The fourth-order valence-electron chi connectivity index (χ4n) is 9.23. The van der Waals surface area contributed by atoms with Crippen molar-refractivity contribution in [2.45, 2.75) is 170 Å². The van der Waals surface area contributed by atoms with Gasteiger partial charge in [-0.3, -0.25) is 14.6 Å². The van der Waals surface area contributed by atoms with E-state index in [2.05, 4.69) is 39.8 Å². The molecule has 0 aromatic carbocycles. The zero-order valence-electron chi connectivity index (χ0n) is 37.4. The molecule has 0 fully saturated rings. The second kappa shape index (κ2) is 22.7. The normalized spacial score (nSPS) is 19.3. The number of nitrogens with zero attached hydrogens (tertiary/aromatic N) is 4. The number of carboxylic acid groups (broad SMARTS) is 1. The first-order valence-electron chi connectivity index (χ1n) is 23.0. The second-order valence-electron chi connectivity index (χ2n) is 17.3. The van der Waals surface area contributed by atoms with Gasteiger partial charge in [0.25, 0.3) is 0 Å². The Morgan fingerprint density at radius 3 is 2.10 bits per heavy atom. The van der Waals surface area contributed by atoms with Crippen molar-refractivity contribution in [2.24, 2.45) is 26.8 Å². The summed E-state index contributed by atoms with van der Waals surface area (Å²) < 4.78 is 6.17. The van der Waals surface area contributed by atoms with Crippen LogP contribution in [0.1, 0.15) is 174 Å². The van der Waals surface area contributed by atoms with Crippen molar-refractivity contribution in [1.82, 2.24) is 4.98 Å². The van der Waals surface area contributed by atoms with Crippen molar-refractivity contribution < 1.29 is 41.0 Å². The maximum Gasteiger partial charge on any atom is 2.00 e. The summed E-state index contributed by atoms with van der Waals surface area (Å²) in [5, 5.41) is 24.5. The summed E-state index contributed by atoms with van der Waals surface area (Å²) in [6.45, 7) is 12.3. The largest absolute Gasteiger partial charge is 2.00 e. The second-order valence-corrected chi connectivity index (χ2v) is 17.3. The predicted octanol–water partition coefficient (Wildman–Crippen LogP) is 9.94. The number of fused-ring (bicyclic) bond motifs is 5. The zero-order chi connectivity index (χ0) is 42.8. The van der Waals surface area contributed by atoms with Gasteiger partial charge in [-0.15, -0.1) is 16.8 Å². The average molecular weight is 874 g/mol. The van der Waals surface area contributed by atoms with Crippen molar-refractivity contribution in [3.05, 3.63) is 85.7 Å². The van der Waals surface area contributed by atoms with Crippen LogP contribution in [0.4, 0.5) is 0 Å². The molecule has 0 unspecified atom stereocenters. The van der Waals surface area contributed by atoms with E-state index in [1.165, 1.54) is 77.0 Å². The van der Waals surface area contributed by atoms with Crippen molar-refractivity contribution in [1.29, 1.82) is 0 Å². The number of carbonyl (C=O) groups is 2. The molecule has 0 radical (unpaired) electrons. The van der Waals surface area contributed by atoms with E-state index in [0.717, 1.165) is 76.4 Å². The summed E-state index contributed by atoms with van der Waals surface area (Å²) >= 11 is 0. The number of rotatable bonds is 22. The molecule has 10 heteroatoms. The van der Waals surface area contributed by atoms with Crippen LogP contribution in [0.3, 0.4) is 0 Å². The third kappa shape index (κ3) is 11.6. The van der Waals surface area contributed by atoms with Crippen molar-refractivity contribution in [3.63, 3.8) is 0 Å². The number of aromatic nitrogens is 1. The van der Waals surface area contributed by atoms with Crippen molar-refractivity contribution in [3.8, 4) is 0 Å². The summed E-state index contributed by atoms with van der Waals surface area (Å²) in [5.41, 5.74) is 9.30. The van der Waals surface area contributed by atoms with Gasteiger partial charge in [0.15, 0.2) is 5.76 Å². The molecule has 5 heterocycles. The van der Waals surface area contributed by atoms with E-state index >= 15 is 0 Å². The van der Waals surface area contributed by atoms with E-state index in [1.54, 1.807) is 0 Å². The van der Waals surface area contributed by atoms with Crippen LogP contribution >= 0.6 is 0 Å². The first kappa shape index (κ1) is 47.7. The number of hydrogen-bond donors (Lipinski definition) is 1. The number of hydrogen-bond acceptors (Lipinski definition) is 7. The first-order chi connectivity index (χ1) is 29.0. The molecule has 1 aromatic rings. The molecule has 0 amide bonds. The zero-order valence-corrected chi connectivity index (χ0v) is 38.4. The molecule has 5 aliphatic rings. The minimum atomic E-state index is -0.874. The molecule has 1 aliphatic carbocycles. The molecule has 6 rings (SSSR count). The maximum absolute atomic E-state index is 13.6. The number of aliphatic carboxylic acids is 1. The van der Waals surface area contributed by atoms with Crippen LogP contribution in [0.15, 0.2) is 78.9 Å². The van der Waals surface area contributed by atoms with E-state index in [1.807, 2.05) is 32.1 Å². The van der Waals surface area contributed by atoms with Crippen LogP contribution in [0.25, 0.3) is 17.4 Å². The predicted molar refractivity (Wildman–Crippen MR) is 242 cm³/mol. The molecule has 9 nitrogen and oxygen atoms in total. The molecular formula is C51H66N4NiO5. The Morgan fingerprint density at radius 1 is 0.820 bits per heavy atom. The molecule has 2 atom stereocenters. The van der Waals surface area contributed by atoms with Crippen LogP contribution < -0.4 is 20.7 Å². The number of esters is 1. The number of ether oxygens (including phenoxy) is 1. The number of unbranched alkanes of at least 4 members (excludes halogenated alkanes) is 13. The summed E-state index contributed by atoms with van der Waals surface area (Å²) in [5.74, 6) is -1.06. The van der Waals surface area contributed by atoms with Crippen LogP contribution in [0.2, 0.25) is 0 Å². The molecule has 0 saturated heterocycles. The molecule has 8 bridgehead atoms. The number of allylic oxidation sites excluding steroid dienone is 8. The maximum atomic E-state index is 13.6. The quantitative estimate of drug-likeness (QED) is 0.0533. The topological polar surface area (TPSA) is 138 Å². The average Bonchev–Trinajstić information content (AvgIpc) is 3.97. The van der Waals surface area contributed by atoms with Gasteiger partial charge in [-0.1, -0.05) is 109 Å². The molecule has 1 aromatic heterocycles. The third-order valence-electron chi connectivity index (χ3n) is 12.9. The standard InChI is InChI=1S/C51H68N4O5.Ni/c1-7-9-10-11-12-13-14-15-16-17-18-19-20-21-22-23-24-25-47(59)60-51-35(6)42-29-40-33(4)37(26-27-46(57)58)49(54-40)38-28-45(56)48-34(5)41(55-50(38)48)30-43-36(8-2)32(3)39(52-43)31-44(51)53-42;/h13-14,29-31,33,37H,7-12,15-28H2,1-6H3,(H3,52,53,54,55,56,57,58);/q;+2/p-2/b14-13+;/t33-,37-;/m0./s1. The first-order valence-corrected chi connectivity index (χ1v) is 23.0. The van der Waals surface area contributed by atoms with Crippen molar-refractivity contribution in [2.75, 3.05) is 0 Å². The summed E-state index contributed by atoms with van der Waals surface area (Å²) in [4.78, 5) is 45.5. The van der Waals surface area contributed by atoms with E-state index < -0.39 is 5.97 Å². The minimum Gasteiger partial charge on any atom is -0.875 e. The van der Waals surface area contributed by atoms with Gasteiger partial charge in [-0.25, -0.2) is 9.98 Å². The number of carboxylic acids is 1. The minimum absolute atomic E-state index is 0. The Balaban J connectivity index is 0.00000704. The van der Waals surface area contributed by atoms with Gasteiger partial charge in [0.05, 0.1) is 17.1 Å². The number of aliphatic imine (C=N–C) groups is 3. The Morgan fingerprint density at radius 2 is 1.44 bits per heavy atom. The fraction of sp³-hybridized carbons (Fsp3) is 0.549. The molecule has 1 N–H and O–H groups in total. The molecule has 330 valence electrons. The van der Waals surface area contributed by atoms with Crippen LogP contribution in [0, 0.1) is 18.8 Å². The Bertz CT molecular complexity index is 2240. The Kier molecular flexibility index (Phi) is 17.8. The van der Waals surface area contributed by atoms with Gasteiger partial charge in [-0.2, -0.15) is 0 Å². The molecule has 4 aliphatic heterocycles. The van der Waals surface area contributed by atoms with Gasteiger partial charge in [0.1, 0.15) is 5.70 Å². The molecule has 0 spiro atoms. The molecular weight excluding hydrogens is 807 g/mol. The summed E-state index contributed by atoms with van der Waals surface area (Å²) in [6, 6.07) is 0. The summed E-state index contributed by atoms with van der Waals surface area (Å²) in [7, 11) is 0. The van der Waals surface area contributed by atoms with Gasteiger partial charge in [-0.05, 0) is 106 Å². The van der Waals surface area contributed by atoms with E-state index in [4.69, 9.17) is 24.7 Å². The van der Waals surface area contributed by atoms with E-state index in [-0.39, 0.29) is 52.9 Å². The number of carbonyl (C=O) groups excluding carboxylic acids is 1. The fourth-order valence-corrected chi connectivity index (χ4v) is 9.23. The van der Waals surface area contributed by atoms with E-state index in [0.29, 0.717) is 46.3 Å². The monoisotopic (exact) mass is 872 g/mol. The SMILES string of the molecule is CCCCCC/C=C/CCCCCCCCCCCC(=O)OC1=C(C)C2=NC1=CC1=NC(=Cc3[n-]c4c(c3C)=C([O-])CC=4C3=NC(=C2)[C@@H](C)[C@@H]3CCC(=O)O)C(CC)=C1C.[Ni+2]. The summed E-state index contributed by atoms with van der Waals surface area (Å²) in [6.07, 6.45) is 30.4. The van der Waals surface area contributed by atoms with Gasteiger partial charge in [0.2, 0.25) is 0 Å². The smallest absolute Gasteiger partial charge is 0.875 e. The van der Waals surface area contributed by atoms with Crippen LogP contribution in [0.5, 0.6) is 0 Å². The third-order valence-corrected chi connectivity index (χ3v) is 12.9.